The lowest BCUT2D eigenvalue weighted by molar-refractivity contribution is -0.119. The number of nitrogens with one attached hydrogen (secondary N) is 1. The van der Waals surface area contributed by atoms with E-state index in [1.807, 2.05) is 0 Å². The highest BCUT2D eigenvalue weighted by Gasteiger charge is 2.33. The first-order chi connectivity index (χ1) is 5.52. The van der Waals surface area contributed by atoms with Crippen LogP contribution >= 0.6 is 0 Å². The number of aliphatic imine (C=N–C) groups is 1. The molecule has 0 bridgehead atoms. The van der Waals surface area contributed by atoms with Crippen LogP contribution in [0.25, 0.3) is 0 Å². The molecule has 1 atom stereocenters. The minimum absolute atomic E-state index is 0.340. The van der Waals surface area contributed by atoms with Gasteiger partial charge in [-0.05, 0) is 0 Å². The number of carbonyl (C=O) groups is 3. The summed E-state index contributed by atoms with van der Waals surface area (Å²) in [5.74, 6) is -1.80. The molecule has 1 aliphatic rings. The van der Waals surface area contributed by atoms with Crippen LogP contribution in [-0.4, -0.2) is 29.6 Å². The highest BCUT2D eigenvalue weighted by molar-refractivity contribution is 6.47. The minimum atomic E-state index is -1.19. The topological polar surface area (TPSA) is 128 Å². The normalized spacial score (nSPS) is 21.5. The van der Waals surface area contributed by atoms with E-state index in [9.17, 15) is 14.4 Å². The van der Waals surface area contributed by atoms with Gasteiger partial charge >= 0.3 is 6.03 Å². The highest BCUT2D eigenvalue weighted by Crippen LogP contribution is 1.98. The van der Waals surface area contributed by atoms with Gasteiger partial charge in [-0.2, -0.15) is 4.99 Å². The van der Waals surface area contributed by atoms with Crippen LogP contribution in [0.1, 0.15) is 0 Å². The predicted octanol–water partition coefficient (Wildman–Crippen LogP) is -2.51. The summed E-state index contributed by atoms with van der Waals surface area (Å²) in [7, 11) is 0. The maximum Gasteiger partial charge on any atom is 0.342 e. The molecule has 7 nitrogen and oxygen atoms in total. The van der Waals surface area contributed by atoms with Crippen molar-refractivity contribution in [1.29, 1.82) is 0 Å². The molecule has 0 aromatic rings. The Bertz CT molecular complexity index is 295. The Kier molecular flexibility index (Phi) is 1.78. The van der Waals surface area contributed by atoms with Gasteiger partial charge in [-0.15, -0.1) is 0 Å². The third-order valence-corrected chi connectivity index (χ3v) is 1.30. The molecule has 0 saturated heterocycles. The minimum Gasteiger partial charge on any atom is -0.368 e. The van der Waals surface area contributed by atoms with E-state index in [0.717, 1.165) is 0 Å². The van der Waals surface area contributed by atoms with Gasteiger partial charge in [-0.1, -0.05) is 0 Å². The molecule has 4 amide bonds. The van der Waals surface area contributed by atoms with Crippen LogP contribution in [-0.2, 0) is 9.59 Å². The molecule has 0 radical (unpaired) electrons. The standard InChI is InChI=1S/C5H6N4O3/c6-3(10)1-2(4(7)11)9-5(12)8-1/h1H,(H2,6,10)(H2,7,11)(H,8,12). The highest BCUT2D eigenvalue weighted by atomic mass is 16.2. The Hall–Kier alpha value is -1.92. The van der Waals surface area contributed by atoms with E-state index in [-0.39, 0.29) is 5.71 Å². The Morgan fingerprint density at radius 3 is 2.33 bits per heavy atom. The third-order valence-electron chi connectivity index (χ3n) is 1.30. The number of hydrogen-bond acceptors (Lipinski definition) is 3. The monoisotopic (exact) mass is 170 g/mol. The fraction of sp³-hybridized carbons (Fsp3) is 0.200. The quantitative estimate of drug-likeness (QED) is 0.423. The van der Waals surface area contributed by atoms with Crippen molar-refractivity contribution in [2.24, 2.45) is 16.5 Å². The number of rotatable bonds is 2. The van der Waals surface area contributed by atoms with E-state index < -0.39 is 23.9 Å². The molecular formula is C5H6N4O3. The average molecular weight is 170 g/mol. The second kappa shape index (κ2) is 2.61. The number of hydrogen-bond donors (Lipinski definition) is 3. The molecule has 64 valence electrons. The van der Waals surface area contributed by atoms with Crippen LogP contribution in [0.5, 0.6) is 0 Å². The lowest BCUT2D eigenvalue weighted by atomic mass is 10.2. The second-order valence-corrected chi connectivity index (χ2v) is 2.15. The van der Waals surface area contributed by atoms with E-state index >= 15 is 0 Å². The summed E-state index contributed by atoms with van der Waals surface area (Å²) in [5, 5.41) is 2.07. The molecule has 1 rings (SSSR count). The van der Waals surface area contributed by atoms with Crippen molar-refractivity contribution < 1.29 is 14.4 Å². The van der Waals surface area contributed by atoms with Crippen molar-refractivity contribution in [3.63, 3.8) is 0 Å². The van der Waals surface area contributed by atoms with Gasteiger partial charge in [0.15, 0.2) is 6.04 Å². The van der Waals surface area contributed by atoms with Crippen molar-refractivity contribution in [3.8, 4) is 0 Å². The average Bonchev–Trinajstić information content (AvgIpc) is 2.31. The van der Waals surface area contributed by atoms with Crippen molar-refractivity contribution in [3.05, 3.63) is 0 Å². The summed E-state index contributed by atoms with van der Waals surface area (Å²) < 4.78 is 0. The molecular weight excluding hydrogens is 164 g/mol. The van der Waals surface area contributed by atoms with Crippen LogP contribution in [0.4, 0.5) is 4.79 Å². The first kappa shape index (κ1) is 8.18. The zero-order valence-corrected chi connectivity index (χ0v) is 5.90. The van der Waals surface area contributed by atoms with Crippen molar-refractivity contribution >= 4 is 23.6 Å². The lowest BCUT2D eigenvalue weighted by Gasteiger charge is -2.04. The summed E-state index contributed by atoms with van der Waals surface area (Å²) in [6, 6.07) is -1.97. The van der Waals surface area contributed by atoms with E-state index in [1.54, 1.807) is 0 Å². The molecule has 1 heterocycles. The van der Waals surface area contributed by atoms with Gasteiger partial charge in [0, 0.05) is 0 Å². The smallest absolute Gasteiger partial charge is 0.342 e. The van der Waals surface area contributed by atoms with E-state index in [1.165, 1.54) is 0 Å². The van der Waals surface area contributed by atoms with E-state index in [4.69, 9.17) is 11.5 Å². The SMILES string of the molecule is NC(=O)C1=NC(=O)NC1C(N)=O. The van der Waals surface area contributed by atoms with Gasteiger partial charge in [0.05, 0.1) is 0 Å². The van der Waals surface area contributed by atoms with E-state index in [0.29, 0.717) is 0 Å². The number of carbonyl (C=O) groups excluding carboxylic acids is 3. The summed E-state index contributed by atoms with van der Waals surface area (Å²) in [5.41, 5.74) is 9.32. The van der Waals surface area contributed by atoms with Crippen molar-refractivity contribution in [2.75, 3.05) is 0 Å². The van der Waals surface area contributed by atoms with Gasteiger partial charge in [0.2, 0.25) is 5.91 Å². The number of primary amides is 2. The van der Waals surface area contributed by atoms with Gasteiger partial charge in [0.1, 0.15) is 5.71 Å². The van der Waals surface area contributed by atoms with Crippen molar-refractivity contribution in [1.82, 2.24) is 5.32 Å². The number of urea groups is 1. The number of nitrogens with two attached hydrogens (primary N) is 2. The molecule has 0 aromatic heterocycles. The fourth-order valence-electron chi connectivity index (χ4n) is 0.801. The summed E-state index contributed by atoms with van der Waals surface area (Å²) in [6.07, 6.45) is 0. The molecule has 0 aliphatic carbocycles. The lowest BCUT2D eigenvalue weighted by Crippen LogP contribution is -2.47. The van der Waals surface area contributed by atoms with Gasteiger partial charge < -0.3 is 16.8 Å². The maximum atomic E-state index is 10.6. The third kappa shape index (κ3) is 1.24. The number of amides is 4. The molecule has 0 fully saturated rings. The maximum absolute atomic E-state index is 10.6. The Morgan fingerprint density at radius 2 is 2.00 bits per heavy atom. The summed E-state index contributed by atoms with van der Waals surface area (Å²) >= 11 is 0. The molecule has 12 heavy (non-hydrogen) atoms. The molecule has 7 heteroatoms. The molecule has 5 N–H and O–H groups in total. The van der Waals surface area contributed by atoms with E-state index in [2.05, 4.69) is 10.3 Å². The van der Waals surface area contributed by atoms with Crippen LogP contribution in [0.15, 0.2) is 4.99 Å². The van der Waals surface area contributed by atoms with Gasteiger partial charge in [0.25, 0.3) is 5.91 Å². The summed E-state index contributed by atoms with van der Waals surface area (Å²) in [6.45, 7) is 0. The molecule has 1 aliphatic heterocycles. The largest absolute Gasteiger partial charge is 0.368 e. The van der Waals surface area contributed by atoms with Crippen LogP contribution in [0.3, 0.4) is 0 Å². The van der Waals surface area contributed by atoms with Crippen LogP contribution in [0, 0.1) is 0 Å². The molecule has 0 aromatic carbocycles. The summed E-state index contributed by atoms with van der Waals surface area (Å²) in [4.78, 5) is 34.9. The molecule has 0 spiro atoms. The zero-order chi connectivity index (χ0) is 9.30. The first-order valence-electron chi connectivity index (χ1n) is 3.00. The van der Waals surface area contributed by atoms with Crippen molar-refractivity contribution in [2.45, 2.75) is 6.04 Å². The van der Waals surface area contributed by atoms with Gasteiger partial charge in [-0.3, -0.25) is 9.59 Å². The van der Waals surface area contributed by atoms with Gasteiger partial charge in [-0.25, -0.2) is 4.79 Å². The van der Waals surface area contributed by atoms with Crippen LogP contribution in [0.2, 0.25) is 0 Å². The number of nitrogens with zero attached hydrogens (tertiary/aromatic N) is 1. The molecule has 0 saturated carbocycles. The Morgan fingerprint density at radius 1 is 1.42 bits per heavy atom. The Balaban J connectivity index is 2.94. The Labute approximate surface area is 66.8 Å². The predicted molar refractivity (Wildman–Crippen MR) is 38.1 cm³/mol. The second-order valence-electron chi connectivity index (χ2n) is 2.15. The fourth-order valence-corrected chi connectivity index (χ4v) is 0.801. The zero-order valence-electron chi connectivity index (χ0n) is 5.90. The first-order valence-corrected chi connectivity index (χ1v) is 3.00. The van der Waals surface area contributed by atoms with Crippen LogP contribution < -0.4 is 16.8 Å². The molecule has 1 unspecified atom stereocenters.